The Morgan fingerprint density at radius 3 is 2.63 bits per heavy atom. The van der Waals surface area contributed by atoms with Crippen LogP contribution in [0, 0.1) is 6.92 Å². The predicted molar refractivity (Wildman–Crippen MR) is 137 cm³/mol. The number of aromatic amines is 1. The van der Waals surface area contributed by atoms with Crippen LogP contribution in [0.1, 0.15) is 27.3 Å². The number of benzene rings is 2. The Morgan fingerprint density at radius 2 is 1.89 bits per heavy atom. The number of halogens is 1. The fourth-order valence-electron chi connectivity index (χ4n) is 3.54. The zero-order chi connectivity index (χ0) is 24.6. The molecule has 2 heterocycles. The summed E-state index contributed by atoms with van der Waals surface area (Å²) in [6, 6.07) is 17.8. The van der Waals surface area contributed by atoms with Crippen molar-refractivity contribution in [2.75, 3.05) is 17.2 Å². The quantitative estimate of drug-likeness (QED) is 0.313. The summed E-state index contributed by atoms with van der Waals surface area (Å²) >= 11 is 5.84. The molecule has 3 amide bonds. The lowest BCUT2D eigenvalue weighted by Gasteiger charge is -2.23. The van der Waals surface area contributed by atoms with Crippen molar-refractivity contribution in [2.24, 2.45) is 0 Å². The number of rotatable bonds is 8. The molecule has 0 aliphatic carbocycles. The van der Waals surface area contributed by atoms with Crippen molar-refractivity contribution < 1.29 is 9.59 Å². The summed E-state index contributed by atoms with van der Waals surface area (Å²) in [5, 5.41) is 6.10. The number of carbonyl (C=O) groups is 2. The van der Waals surface area contributed by atoms with Gasteiger partial charge < -0.3 is 20.5 Å². The zero-order valence-electron chi connectivity index (χ0n) is 19.2. The van der Waals surface area contributed by atoms with Crippen LogP contribution in [0.25, 0.3) is 0 Å². The molecule has 0 aliphatic heterocycles. The molecule has 0 radical (unpaired) electrons. The molecule has 0 bridgehead atoms. The van der Waals surface area contributed by atoms with Crippen molar-refractivity contribution in [1.82, 2.24) is 19.9 Å². The van der Waals surface area contributed by atoms with Crippen molar-refractivity contribution in [3.8, 4) is 0 Å². The number of pyridine rings is 1. The van der Waals surface area contributed by atoms with Gasteiger partial charge in [0.2, 0.25) is 0 Å². The lowest BCUT2D eigenvalue weighted by Crippen LogP contribution is -2.36. The number of aromatic nitrogens is 3. The van der Waals surface area contributed by atoms with Crippen molar-refractivity contribution >= 4 is 35.0 Å². The van der Waals surface area contributed by atoms with E-state index < -0.39 is 0 Å². The van der Waals surface area contributed by atoms with E-state index in [-0.39, 0.29) is 11.9 Å². The third-order valence-electron chi connectivity index (χ3n) is 5.44. The van der Waals surface area contributed by atoms with Gasteiger partial charge in [0.15, 0.2) is 0 Å². The minimum absolute atomic E-state index is 0.285. The molecule has 0 fully saturated rings. The van der Waals surface area contributed by atoms with Crippen LogP contribution < -0.4 is 10.6 Å². The van der Waals surface area contributed by atoms with Crippen LogP contribution in [0.3, 0.4) is 0 Å². The van der Waals surface area contributed by atoms with Gasteiger partial charge in [-0.25, -0.2) is 14.8 Å². The van der Waals surface area contributed by atoms with Crippen LogP contribution >= 0.6 is 11.6 Å². The lowest BCUT2D eigenvalue weighted by molar-refractivity contribution is 0.102. The van der Waals surface area contributed by atoms with E-state index >= 15 is 0 Å². The SMILES string of the molecule is Cc1ccccc1CCN(Cc1ncc[nH]1)C(=O)Nc1cccc(C(=O)Nc2ccc(Cl)cn2)c1. The van der Waals surface area contributed by atoms with Crippen molar-refractivity contribution in [3.63, 3.8) is 0 Å². The number of aryl methyl sites for hydroxylation is 1. The third-order valence-corrected chi connectivity index (χ3v) is 5.66. The highest BCUT2D eigenvalue weighted by Gasteiger charge is 2.17. The molecule has 9 heteroatoms. The van der Waals surface area contributed by atoms with Gasteiger partial charge in [-0.05, 0) is 54.8 Å². The predicted octanol–water partition coefficient (Wildman–Crippen LogP) is 5.30. The maximum Gasteiger partial charge on any atom is 0.322 e. The second-order valence-electron chi connectivity index (χ2n) is 7.96. The summed E-state index contributed by atoms with van der Waals surface area (Å²) in [5.41, 5.74) is 3.25. The number of carbonyl (C=O) groups excluding carboxylic acids is 2. The van der Waals surface area contributed by atoms with Gasteiger partial charge in [-0.15, -0.1) is 0 Å². The number of imidazole rings is 1. The summed E-state index contributed by atoms with van der Waals surface area (Å²) in [7, 11) is 0. The Morgan fingerprint density at radius 1 is 1.03 bits per heavy atom. The summed E-state index contributed by atoms with van der Waals surface area (Å²) in [5.74, 6) is 0.728. The molecule has 4 rings (SSSR count). The first-order chi connectivity index (χ1) is 17.0. The Balaban J connectivity index is 1.45. The van der Waals surface area contributed by atoms with Crippen LogP contribution in [0.4, 0.5) is 16.3 Å². The molecule has 8 nitrogen and oxygen atoms in total. The van der Waals surface area contributed by atoms with Crippen molar-refractivity contribution in [2.45, 2.75) is 19.9 Å². The van der Waals surface area contributed by atoms with E-state index in [0.29, 0.717) is 47.4 Å². The van der Waals surface area contributed by atoms with E-state index in [4.69, 9.17) is 11.6 Å². The molecule has 0 spiro atoms. The number of anilines is 2. The van der Waals surface area contributed by atoms with Gasteiger partial charge in [0.05, 0.1) is 11.6 Å². The van der Waals surface area contributed by atoms with Gasteiger partial charge in [-0.2, -0.15) is 0 Å². The van der Waals surface area contributed by atoms with Crippen LogP contribution in [0.5, 0.6) is 0 Å². The molecule has 2 aromatic carbocycles. The van der Waals surface area contributed by atoms with E-state index in [1.54, 1.807) is 53.7 Å². The van der Waals surface area contributed by atoms with Crippen molar-refractivity contribution in [3.05, 3.63) is 107 Å². The summed E-state index contributed by atoms with van der Waals surface area (Å²) in [6.07, 6.45) is 5.55. The van der Waals surface area contributed by atoms with Crippen LogP contribution in [0.15, 0.2) is 79.3 Å². The van der Waals surface area contributed by atoms with Gasteiger partial charge in [0, 0.05) is 36.4 Å². The normalized spacial score (nSPS) is 10.6. The van der Waals surface area contributed by atoms with Crippen LogP contribution in [-0.2, 0) is 13.0 Å². The third kappa shape index (κ3) is 6.68. The fraction of sp³-hybridized carbons (Fsp3) is 0.154. The first-order valence-electron chi connectivity index (χ1n) is 11.1. The number of H-pyrrole nitrogens is 1. The molecule has 0 aliphatic rings. The molecule has 0 unspecified atom stereocenters. The smallest absolute Gasteiger partial charge is 0.322 e. The highest BCUT2D eigenvalue weighted by Crippen LogP contribution is 2.16. The van der Waals surface area contributed by atoms with Crippen LogP contribution in [-0.4, -0.2) is 38.3 Å². The van der Waals surface area contributed by atoms with E-state index in [0.717, 1.165) is 0 Å². The van der Waals surface area contributed by atoms with Gasteiger partial charge in [-0.3, -0.25) is 4.79 Å². The standard InChI is InChI=1S/C26H25ClN6O2/c1-18-5-2-3-6-19(18)11-14-33(17-24-28-12-13-29-24)26(35)31-22-8-4-7-20(15-22)25(34)32-23-10-9-21(27)16-30-23/h2-10,12-13,15-16H,11,14,17H2,1H3,(H,28,29)(H,31,35)(H,30,32,34). The number of nitrogens with zero attached hydrogens (tertiary/aromatic N) is 3. The molecule has 35 heavy (non-hydrogen) atoms. The van der Waals surface area contributed by atoms with E-state index in [1.165, 1.54) is 17.3 Å². The molecular formula is C26H25ClN6O2. The Kier molecular flexibility index (Phi) is 7.74. The number of amides is 3. The topological polar surface area (TPSA) is 103 Å². The van der Waals surface area contributed by atoms with Gasteiger partial charge >= 0.3 is 6.03 Å². The number of hydrogen-bond donors (Lipinski definition) is 3. The summed E-state index contributed by atoms with van der Waals surface area (Å²) in [6.45, 7) is 2.88. The molecule has 178 valence electrons. The Bertz CT molecular complexity index is 1290. The highest BCUT2D eigenvalue weighted by molar-refractivity contribution is 6.30. The lowest BCUT2D eigenvalue weighted by atomic mass is 10.1. The highest BCUT2D eigenvalue weighted by atomic mass is 35.5. The van der Waals surface area contributed by atoms with Crippen LogP contribution in [0.2, 0.25) is 5.02 Å². The maximum absolute atomic E-state index is 13.2. The summed E-state index contributed by atoms with van der Waals surface area (Å²) < 4.78 is 0. The van der Waals surface area contributed by atoms with Gasteiger partial charge in [0.25, 0.3) is 5.91 Å². The number of nitrogens with one attached hydrogen (secondary N) is 3. The monoisotopic (exact) mass is 488 g/mol. The first kappa shape index (κ1) is 24.0. The fourth-order valence-corrected chi connectivity index (χ4v) is 3.65. The molecular weight excluding hydrogens is 464 g/mol. The Hall–Kier alpha value is -4.17. The average Bonchev–Trinajstić information content (AvgIpc) is 3.37. The number of urea groups is 1. The molecule has 0 atom stereocenters. The minimum atomic E-state index is -0.345. The maximum atomic E-state index is 13.2. The van der Waals surface area contributed by atoms with Crippen molar-refractivity contribution in [1.29, 1.82) is 0 Å². The largest absolute Gasteiger partial charge is 0.347 e. The first-order valence-corrected chi connectivity index (χ1v) is 11.5. The van der Waals surface area contributed by atoms with Gasteiger partial charge in [0.1, 0.15) is 11.6 Å². The van der Waals surface area contributed by atoms with E-state index in [9.17, 15) is 9.59 Å². The number of hydrogen-bond acceptors (Lipinski definition) is 4. The molecule has 3 N–H and O–H groups in total. The average molecular weight is 489 g/mol. The molecule has 0 saturated heterocycles. The van der Waals surface area contributed by atoms with Gasteiger partial charge in [-0.1, -0.05) is 41.9 Å². The molecule has 4 aromatic rings. The second kappa shape index (κ2) is 11.3. The summed E-state index contributed by atoms with van der Waals surface area (Å²) in [4.78, 5) is 38.9. The zero-order valence-corrected chi connectivity index (χ0v) is 19.9. The molecule has 2 aromatic heterocycles. The second-order valence-corrected chi connectivity index (χ2v) is 8.40. The minimum Gasteiger partial charge on any atom is -0.347 e. The van der Waals surface area contributed by atoms with E-state index in [1.807, 2.05) is 12.1 Å². The molecule has 0 saturated carbocycles. The van der Waals surface area contributed by atoms with E-state index in [2.05, 4.69) is 44.6 Å². The Labute approximate surface area is 208 Å².